The summed E-state index contributed by atoms with van der Waals surface area (Å²) in [7, 11) is 7.61. The average molecular weight is 698 g/mol. The summed E-state index contributed by atoms with van der Waals surface area (Å²) in [5.74, 6) is -1.66. The Morgan fingerprint density at radius 1 is 1.02 bits per heavy atom. The third kappa shape index (κ3) is 9.61. The predicted molar refractivity (Wildman–Crippen MR) is 186 cm³/mol. The van der Waals surface area contributed by atoms with E-state index >= 15 is 0 Å². The van der Waals surface area contributed by atoms with E-state index in [-0.39, 0.29) is 42.6 Å². The van der Waals surface area contributed by atoms with Crippen molar-refractivity contribution in [1.29, 1.82) is 0 Å². The van der Waals surface area contributed by atoms with E-state index in [0.717, 1.165) is 39.0 Å². The summed E-state index contributed by atoms with van der Waals surface area (Å²) in [6.45, 7) is 19.4. The standard InChI is InChI=1S/C37H67N3O9/c1-23-18-37(8,44-12)32(48-33-30(41)28(38(9)10)17-24(2)47-33)25(3)31(42)35(4,5)34(43)45-22-29(39(11)19-23)26-13-15-40(16-14-26)20-27-21-46-36(6,7)49-27/h23-30,32-33,41H,13-22H2,1-12H3/t23-,24-,25+,27+,28+,29-,30-,32-,33+,37-/m1/s1. The molecule has 4 fully saturated rings. The maximum atomic E-state index is 14.3. The van der Waals surface area contributed by atoms with Gasteiger partial charge in [0.05, 0.1) is 30.5 Å². The molecule has 0 spiro atoms. The van der Waals surface area contributed by atoms with Gasteiger partial charge < -0.3 is 43.3 Å². The highest BCUT2D eigenvalue weighted by Gasteiger charge is 2.51. The summed E-state index contributed by atoms with van der Waals surface area (Å²) in [5, 5.41) is 11.4. The van der Waals surface area contributed by atoms with Crippen LogP contribution in [0.4, 0.5) is 0 Å². The van der Waals surface area contributed by atoms with Gasteiger partial charge in [0.2, 0.25) is 0 Å². The van der Waals surface area contributed by atoms with Gasteiger partial charge in [0, 0.05) is 38.2 Å². The van der Waals surface area contributed by atoms with E-state index in [1.165, 1.54) is 0 Å². The monoisotopic (exact) mass is 697 g/mol. The van der Waals surface area contributed by atoms with E-state index < -0.39 is 47.2 Å². The van der Waals surface area contributed by atoms with Crippen molar-refractivity contribution in [2.75, 3.05) is 67.6 Å². The van der Waals surface area contributed by atoms with Crippen LogP contribution in [0.2, 0.25) is 0 Å². The molecule has 4 saturated heterocycles. The van der Waals surface area contributed by atoms with Crippen LogP contribution in [0.3, 0.4) is 0 Å². The highest BCUT2D eigenvalue weighted by molar-refractivity contribution is 6.04. The van der Waals surface area contributed by atoms with Gasteiger partial charge in [0.25, 0.3) is 0 Å². The van der Waals surface area contributed by atoms with Gasteiger partial charge in [0.15, 0.2) is 17.9 Å². The second-order valence-electron chi connectivity index (χ2n) is 16.9. The molecular weight excluding hydrogens is 630 g/mol. The Kier molecular flexibility index (Phi) is 13.4. The highest BCUT2D eigenvalue weighted by atomic mass is 16.7. The van der Waals surface area contributed by atoms with Crippen molar-refractivity contribution in [1.82, 2.24) is 14.7 Å². The van der Waals surface area contributed by atoms with Crippen LogP contribution in [0.15, 0.2) is 0 Å². The Hall–Kier alpha value is -1.22. The van der Waals surface area contributed by atoms with Crippen LogP contribution in [0.1, 0.15) is 81.1 Å². The molecule has 0 aromatic rings. The van der Waals surface area contributed by atoms with Crippen molar-refractivity contribution in [3.63, 3.8) is 0 Å². The Bertz CT molecular complexity index is 1110. The molecular formula is C37H67N3O9. The second kappa shape index (κ2) is 16.2. The number of Topliss-reactive ketones (excluding diaryl/α,β-unsaturated/α-hetero) is 1. The molecule has 0 aromatic carbocycles. The van der Waals surface area contributed by atoms with Crippen LogP contribution >= 0.6 is 0 Å². The van der Waals surface area contributed by atoms with Crippen LogP contribution in [0, 0.1) is 23.2 Å². The number of carbonyl (C=O) groups is 2. The minimum absolute atomic E-state index is 0.00119. The number of likely N-dealkylation sites (N-methyl/N-ethyl adjacent to an activating group) is 2. The first-order chi connectivity index (χ1) is 22.8. The molecule has 0 aromatic heterocycles. The Labute approximate surface area is 295 Å². The molecule has 0 bridgehead atoms. The van der Waals surface area contributed by atoms with Gasteiger partial charge in [-0.2, -0.15) is 0 Å². The lowest BCUT2D eigenvalue weighted by molar-refractivity contribution is -0.295. The molecule has 4 aliphatic rings. The predicted octanol–water partition coefficient (Wildman–Crippen LogP) is 3.18. The number of cyclic esters (lactones) is 1. The zero-order chi connectivity index (χ0) is 36.5. The van der Waals surface area contributed by atoms with Crippen LogP contribution in [-0.4, -0.2) is 153 Å². The van der Waals surface area contributed by atoms with E-state index in [4.69, 9.17) is 28.4 Å². The number of aliphatic hydroxyl groups is 1. The van der Waals surface area contributed by atoms with Crippen molar-refractivity contribution >= 4 is 11.8 Å². The van der Waals surface area contributed by atoms with Crippen molar-refractivity contribution in [3.05, 3.63) is 0 Å². The zero-order valence-corrected chi connectivity index (χ0v) is 32.4. The van der Waals surface area contributed by atoms with Crippen molar-refractivity contribution in [2.24, 2.45) is 23.2 Å². The molecule has 12 heteroatoms. The van der Waals surface area contributed by atoms with Crippen molar-refractivity contribution in [3.8, 4) is 0 Å². The molecule has 0 radical (unpaired) electrons. The highest BCUT2D eigenvalue weighted by Crippen LogP contribution is 2.39. The normalized spacial score (nSPS) is 40.8. The topological polar surface area (TPSA) is 119 Å². The molecule has 4 rings (SSSR count). The SMILES string of the molecule is CO[C@]1(C)C[C@@H](C)CN(C)[C@@H](C2CCN(C[C@H]3COC(C)(C)O3)CC2)COC(=O)C(C)(C)C(=O)[C@H](C)[C@H]1O[C@@H]1O[C@H](C)C[C@H](N(C)C)[C@H]1O. The molecule has 49 heavy (non-hydrogen) atoms. The maximum Gasteiger partial charge on any atom is 0.319 e. The molecule has 0 unspecified atom stereocenters. The number of piperidine rings is 1. The summed E-state index contributed by atoms with van der Waals surface area (Å²) >= 11 is 0. The van der Waals surface area contributed by atoms with Gasteiger partial charge in [-0.3, -0.25) is 14.5 Å². The number of ketones is 1. The van der Waals surface area contributed by atoms with E-state index in [1.807, 2.05) is 46.7 Å². The van der Waals surface area contributed by atoms with E-state index in [9.17, 15) is 14.7 Å². The minimum Gasteiger partial charge on any atom is -0.463 e. The summed E-state index contributed by atoms with van der Waals surface area (Å²) in [6.07, 6.45) is 0.386. The van der Waals surface area contributed by atoms with Crippen LogP contribution in [0.5, 0.6) is 0 Å². The van der Waals surface area contributed by atoms with E-state index in [0.29, 0.717) is 25.4 Å². The van der Waals surface area contributed by atoms with Crippen molar-refractivity contribution in [2.45, 2.75) is 135 Å². The lowest BCUT2D eigenvalue weighted by Crippen LogP contribution is -2.59. The number of rotatable bonds is 7. The first kappa shape index (κ1) is 40.5. The van der Waals surface area contributed by atoms with Gasteiger partial charge in [-0.25, -0.2) is 0 Å². The van der Waals surface area contributed by atoms with E-state index in [2.05, 4.69) is 23.8 Å². The Morgan fingerprint density at radius 3 is 2.24 bits per heavy atom. The lowest BCUT2D eigenvalue weighted by Gasteiger charge is -2.47. The fraction of sp³-hybridized carbons (Fsp3) is 0.946. The van der Waals surface area contributed by atoms with Crippen molar-refractivity contribution < 1.29 is 43.1 Å². The van der Waals surface area contributed by atoms with Crippen LogP contribution in [-0.2, 0) is 38.0 Å². The number of esters is 1. The molecule has 0 amide bonds. The quantitative estimate of drug-likeness (QED) is 0.311. The Morgan fingerprint density at radius 2 is 1.67 bits per heavy atom. The third-order valence-electron chi connectivity index (χ3n) is 11.6. The number of likely N-dealkylation sites (tertiary alicyclic amines) is 1. The van der Waals surface area contributed by atoms with Gasteiger partial charge in [-0.05, 0) is 113 Å². The lowest BCUT2D eigenvalue weighted by atomic mass is 9.74. The first-order valence-electron chi connectivity index (χ1n) is 18.4. The second-order valence-corrected chi connectivity index (χ2v) is 16.9. The number of methoxy groups -OCH3 is 1. The zero-order valence-electron chi connectivity index (χ0n) is 32.4. The summed E-state index contributed by atoms with van der Waals surface area (Å²) in [6, 6.07) is -0.179. The van der Waals surface area contributed by atoms with Gasteiger partial charge >= 0.3 is 5.97 Å². The average Bonchev–Trinajstić information content (AvgIpc) is 3.37. The third-order valence-corrected chi connectivity index (χ3v) is 11.6. The molecule has 10 atom stereocenters. The molecule has 284 valence electrons. The molecule has 4 heterocycles. The molecule has 0 aliphatic carbocycles. The number of aliphatic hydroxyl groups excluding tert-OH is 1. The largest absolute Gasteiger partial charge is 0.463 e. The number of hydrogen-bond donors (Lipinski definition) is 1. The van der Waals surface area contributed by atoms with Crippen LogP contribution < -0.4 is 0 Å². The fourth-order valence-electron chi connectivity index (χ4n) is 8.72. The minimum atomic E-state index is -1.43. The summed E-state index contributed by atoms with van der Waals surface area (Å²) in [5.41, 5.74) is -2.35. The number of carbonyl (C=O) groups excluding carboxylic acids is 2. The van der Waals surface area contributed by atoms with E-state index in [1.54, 1.807) is 27.9 Å². The molecule has 4 aliphatic heterocycles. The number of nitrogens with zero attached hydrogens (tertiary/aromatic N) is 3. The molecule has 1 N–H and O–H groups in total. The number of hydrogen-bond acceptors (Lipinski definition) is 12. The summed E-state index contributed by atoms with van der Waals surface area (Å²) in [4.78, 5) is 34.9. The van der Waals surface area contributed by atoms with Gasteiger partial charge in [-0.1, -0.05) is 13.8 Å². The smallest absolute Gasteiger partial charge is 0.319 e. The Balaban J connectivity index is 1.55. The van der Waals surface area contributed by atoms with Gasteiger partial charge in [0.1, 0.15) is 18.1 Å². The van der Waals surface area contributed by atoms with Crippen LogP contribution in [0.25, 0.3) is 0 Å². The maximum absolute atomic E-state index is 14.3. The molecule has 0 saturated carbocycles. The summed E-state index contributed by atoms with van der Waals surface area (Å²) < 4.78 is 37.0. The fourth-order valence-corrected chi connectivity index (χ4v) is 8.72. The van der Waals surface area contributed by atoms with Gasteiger partial charge in [-0.15, -0.1) is 0 Å². The number of ether oxygens (including phenoxy) is 6. The first-order valence-corrected chi connectivity index (χ1v) is 18.4. The molecule has 12 nitrogen and oxygen atoms in total.